The van der Waals surface area contributed by atoms with Crippen LogP contribution in [0.15, 0.2) is 36.5 Å². The lowest BCUT2D eigenvalue weighted by atomic mass is 10.1. The van der Waals surface area contributed by atoms with Crippen LogP contribution >= 0.6 is 0 Å². The third-order valence-electron chi connectivity index (χ3n) is 5.67. The number of carbonyl (C=O) groups excluding carboxylic acids is 2. The van der Waals surface area contributed by atoms with E-state index in [1.165, 1.54) is 6.07 Å². The van der Waals surface area contributed by atoms with Crippen molar-refractivity contribution in [2.75, 3.05) is 38.8 Å². The second-order valence-electron chi connectivity index (χ2n) is 8.07. The smallest absolute Gasteiger partial charge is 0.258 e. The summed E-state index contributed by atoms with van der Waals surface area (Å²) in [6, 6.07) is 10.1. The fourth-order valence-electron chi connectivity index (χ4n) is 3.90. The van der Waals surface area contributed by atoms with Gasteiger partial charge in [0.2, 0.25) is 5.95 Å². The van der Waals surface area contributed by atoms with E-state index in [1.54, 1.807) is 47.0 Å². The molecule has 0 aliphatic carbocycles. The number of methoxy groups -OCH3 is 1. The molecule has 4 rings (SSSR count). The number of nitrogens with zero attached hydrogens (tertiary/aromatic N) is 5. The van der Waals surface area contributed by atoms with Gasteiger partial charge in [0, 0.05) is 38.6 Å². The van der Waals surface area contributed by atoms with E-state index in [2.05, 4.69) is 15.3 Å². The van der Waals surface area contributed by atoms with Gasteiger partial charge < -0.3 is 14.4 Å². The molecule has 1 aliphatic rings. The summed E-state index contributed by atoms with van der Waals surface area (Å²) in [5.41, 5.74) is 2.24. The molecule has 10 nitrogen and oxygen atoms in total. The van der Waals surface area contributed by atoms with Crippen molar-refractivity contribution in [1.82, 2.24) is 19.4 Å². The highest BCUT2D eigenvalue weighted by atomic mass is 16.5. The number of morpholine rings is 1. The van der Waals surface area contributed by atoms with E-state index in [0.29, 0.717) is 73.1 Å². The van der Waals surface area contributed by atoms with Crippen LogP contribution < -0.4 is 5.32 Å². The lowest BCUT2D eigenvalue weighted by molar-refractivity contribution is 0.00358. The Morgan fingerprint density at radius 2 is 2.18 bits per heavy atom. The number of hydrogen-bond acceptors (Lipinski definition) is 7. The third kappa shape index (κ3) is 4.90. The Labute approximate surface area is 197 Å². The zero-order valence-electron chi connectivity index (χ0n) is 19.2. The molecular weight excluding hydrogens is 436 g/mol. The lowest BCUT2D eigenvalue weighted by Gasteiger charge is -2.33. The van der Waals surface area contributed by atoms with Crippen LogP contribution in [-0.4, -0.2) is 70.8 Å². The van der Waals surface area contributed by atoms with Gasteiger partial charge in [0.05, 0.1) is 36.5 Å². The molecule has 34 heavy (non-hydrogen) atoms. The van der Waals surface area contributed by atoms with Crippen molar-refractivity contribution in [3.05, 3.63) is 53.2 Å². The van der Waals surface area contributed by atoms with Gasteiger partial charge in [-0.1, -0.05) is 6.07 Å². The van der Waals surface area contributed by atoms with E-state index < -0.39 is 0 Å². The largest absolute Gasteiger partial charge is 0.385 e. The minimum absolute atomic E-state index is 0.0254. The van der Waals surface area contributed by atoms with Crippen LogP contribution in [0.4, 0.5) is 5.95 Å². The Hall–Kier alpha value is -3.81. The minimum atomic E-state index is -0.390. The van der Waals surface area contributed by atoms with Crippen LogP contribution in [0.25, 0.3) is 11.2 Å². The number of nitrogens with one attached hydrogen (secondary N) is 1. The number of benzene rings is 1. The molecule has 0 bridgehead atoms. The number of anilines is 1. The number of rotatable bonds is 7. The molecule has 3 heterocycles. The first kappa shape index (κ1) is 23.4. The van der Waals surface area contributed by atoms with Crippen molar-refractivity contribution in [3.63, 3.8) is 0 Å². The predicted molar refractivity (Wildman–Crippen MR) is 124 cm³/mol. The van der Waals surface area contributed by atoms with Gasteiger partial charge in [-0.25, -0.2) is 9.97 Å². The number of amides is 2. The normalized spacial score (nSPS) is 15.8. The van der Waals surface area contributed by atoms with Crippen molar-refractivity contribution >= 4 is 28.9 Å². The molecule has 1 N–H and O–H groups in total. The monoisotopic (exact) mass is 462 g/mol. The Bertz CT molecular complexity index is 1250. The van der Waals surface area contributed by atoms with Crippen LogP contribution in [-0.2, 0) is 16.0 Å². The molecule has 0 spiro atoms. The second kappa shape index (κ2) is 10.4. The highest BCUT2D eigenvalue weighted by Gasteiger charge is 2.26. The molecule has 0 unspecified atom stereocenters. The first-order valence-corrected chi connectivity index (χ1v) is 11.1. The number of aryl methyl sites for hydroxylation is 1. The molecule has 176 valence electrons. The molecule has 0 saturated carbocycles. The number of carbonyl (C=O) groups is 2. The maximum atomic E-state index is 13.1. The molecule has 1 atom stereocenters. The highest BCUT2D eigenvalue weighted by Crippen LogP contribution is 2.22. The van der Waals surface area contributed by atoms with Gasteiger partial charge in [0.15, 0.2) is 5.65 Å². The molecular formula is C24H26N6O4. The van der Waals surface area contributed by atoms with Gasteiger partial charge in [-0.3, -0.25) is 19.5 Å². The van der Waals surface area contributed by atoms with E-state index in [4.69, 9.17) is 14.7 Å². The molecule has 10 heteroatoms. The quantitative estimate of drug-likeness (QED) is 0.535. The second-order valence-corrected chi connectivity index (χ2v) is 8.07. The van der Waals surface area contributed by atoms with Crippen molar-refractivity contribution < 1.29 is 19.1 Å². The molecule has 0 radical (unpaired) electrons. The summed E-state index contributed by atoms with van der Waals surface area (Å²) in [6.07, 6.45) is 2.23. The minimum Gasteiger partial charge on any atom is -0.385 e. The molecule has 1 saturated heterocycles. The first-order valence-electron chi connectivity index (χ1n) is 11.1. The van der Waals surface area contributed by atoms with Crippen molar-refractivity contribution in [1.29, 1.82) is 5.26 Å². The van der Waals surface area contributed by atoms with Crippen molar-refractivity contribution in [2.45, 2.75) is 25.9 Å². The summed E-state index contributed by atoms with van der Waals surface area (Å²) in [7, 11) is 1.62. The highest BCUT2D eigenvalue weighted by molar-refractivity contribution is 6.04. The molecule has 3 aromatic rings. The number of ether oxygens (including phenoxy) is 2. The molecule has 1 fully saturated rings. The predicted octanol–water partition coefficient (Wildman–Crippen LogP) is 2.45. The van der Waals surface area contributed by atoms with Gasteiger partial charge in [0.1, 0.15) is 5.52 Å². The maximum Gasteiger partial charge on any atom is 0.258 e. The van der Waals surface area contributed by atoms with Crippen LogP contribution in [0, 0.1) is 11.3 Å². The van der Waals surface area contributed by atoms with Gasteiger partial charge in [-0.15, -0.1) is 0 Å². The lowest BCUT2D eigenvalue weighted by Crippen LogP contribution is -2.47. The summed E-state index contributed by atoms with van der Waals surface area (Å²) in [4.78, 5) is 36.8. The topological polar surface area (TPSA) is 122 Å². The van der Waals surface area contributed by atoms with Gasteiger partial charge in [-0.05, 0) is 37.6 Å². The van der Waals surface area contributed by atoms with E-state index in [9.17, 15) is 9.59 Å². The van der Waals surface area contributed by atoms with Crippen LogP contribution in [0.3, 0.4) is 0 Å². The zero-order chi connectivity index (χ0) is 24.1. The van der Waals surface area contributed by atoms with Crippen molar-refractivity contribution in [3.8, 4) is 6.07 Å². The maximum absolute atomic E-state index is 13.1. The number of pyridine rings is 1. The fourth-order valence-corrected chi connectivity index (χ4v) is 3.90. The Morgan fingerprint density at radius 1 is 1.32 bits per heavy atom. The fraction of sp³-hybridized carbons (Fsp3) is 0.375. The Balaban J connectivity index is 1.65. The van der Waals surface area contributed by atoms with Gasteiger partial charge >= 0.3 is 0 Å². The first-order chi connectivity index (χ1) is 16.5. The number of fused-ring (bicyclic) bond motifs is 1. The number of nitriles is 1. The average Bonchev–Trinajstić information content (AvgIpc) is 3.20. The SMILES string of the molecule is COCCCn1c(NC(=O)c2cccc(C#N)c2)nc2cc(C(=O)N3CCOC[C@H]3C)cnc21. The average molecular weight is 463 g/mol. The summed E-state index contributed by atoms with van der Waals surface area (Å²) in [5.74, 6) is -0.202. The number of aromatic nitrogens is 3. The Morgan fingerprint density at radius 3 is 2.94 bits per heavy atom. The standard InChI is InChI=1S/C24H26N6O4/c1-16-15-34-10-8-29(16)23(32)19-12-20-21(26-14-19)30(7-4-9-33-2)24(27-20)28-22(31)18-6-3-5-17(11-18)13-25/h3,5-6,11-12,14,16H,4,7-10,15H2,1-2H3,(H,27,28,31)/t16-/m1/s1. The zero-order valence-corrected chi connectivity index (χ0v) is 19.2. The van der Waals surface area contributed by atoms with Crippen LogP contribution in [0.5, 0.6) is 0 Å². The summed E-state index contributed by atoms with van der Waals surface area (Å²) >= 11 is 0. The summed E-state index contributed by atoms with van der Waals surface area (Å²) < 4.78 is 12.4. The summed E-state index contributed by atoms with van der Waals surface area (Å²) in [6.45, 7) is 4.51. The summed E-state index contributed by atoms with van der Waals surface area (Å²) in [5, 5.41) is 11.9. The molecule has 1 aliphatic heterocycles. The van der Waals surface area contributed by atoms with E-state index in [1.807, 2.05) is 13.0 Å². The molecule has 2 amide bonds. The van der Waals surface area contributed by atoms with E-state index in [0.717, 1.165) is 0 Å². The van der Waals surface area contributed by atoms with E-state index in [-0.39, 0.29) is 17.9 Å². The Kier molecular flexibility index (Phi) is 7.15. The van der Waals surface area contributed by atoms with Crippen LogP contribution in [0.1, 0.15) is 39.6 Å². The van der Waals surface area contributed by atoms with E-state index >= 15 is 0 Å². The molecule has 1 aromatic carbocycles. The van der Waals surface area contributed by atoms with Gasteiger partial charge in [0.25, 0.3) is 11.8 Å². The van der Waals surface area contributed by atoms with Crippen molar-refractivity contribution in [2.24, 2.45) is 0 Å². The number of imidazole rings is 1. The molecule has 2 aromatic heterocycles. The van der Waals surface area contributed by atoms with Gasteiger partial charge in [-0.2, -0.15) is 5.26 Å². The van der Waals surface area contributed by atoms with Crippen LogP contribution in [0.2, 0.25) is 0 Å². The number of hydrogen-bond donors (Lipinski definition) is 1. The third-order valence-corrected chi connectivity index (χ3v) is 5.67.